The standard InChI is InChI=1S/C11H24N2O2S2/c1-10(6-8-16-3)13(2)17(14,15)9-7-12-11-4-5-11/h10-12H,4-9H2,1-3H3. The summed E-state index contributed by atoms with van der Waals surface area (Å²) in [7, 11) is -1.40. The highest BCUT2D eigenvalue weighted by Gasteiger charge is 2.25. The molecular formula is C11H24N2O2S2. The van der Waals surface area contributed by atoms with E-state index in [4.69, 9.17) is 0 Å². The molecule has 0 aromatic carbocycles. The molecular weight excluding hydrogens is 256 g/mol. The molecule has 6 heteroatoms. The minimum atomic E-state index is -3.10. The van der Waals surface area contributed by atoms with Gasteiger partial charge in [0.15, 0.2) is 0 Å². The van der Waals surface area contributed by atoms with E-state index in [-0.39, 0.29) is 11.8 Å². The Morgan fingerprint density at radius 2 is 2.12 bits per heavy atom. The molecule has 1 aliphatic rings. The highest BCUT2D eigenvalue weighted by Crippen LogP contribution is 2.18. The Morgan fingerprint density at radius 1 is 1.47 bits per heavy atom. The minimum Gasteiger partial charge on any atom is -0.313 e. The molecule has 1 fully saturated rings. The second kappa shape index (κ2) is 6.97. The second-order valence-electron chi connectivity index (χ2n) is 4.69. The molecule has 0 saturated heterocycles. The van der Waals surface area contributed by atoms with E-state index >= 15 is 0 Å². The lowest BCUT2D eigenvalue weighted by atomic mass is 10.3. The van der Waals surface area contributed by atoms with E-state index in [0.717, 1.165) is 12.2 Å². The van der Waals surface area contributed by atoms with Crippen molar-refractivity contribution >= 4 is 21.8 Å². The van der Waals surface area contributed by atoms with Gasteiger partial charge in [-0.2, -0.15) is 11.8 Å². The Hall–Kier alpha value is 0.220. The maximum Gasteiger partial charge on any atom is 0.215 e. The van der Waals surface area contributed by atoms with E-state index in [1.54, 1.807) is 18.8 Å². The van der Waals surface area contributed by atoms with Crippen molar-refractivity contribution in [2.24, 2.45) is 0 Å². The third-order valence-electron chi connectivity index (χ3n) is 3.17. The first kappa shape index (κ1) is 15.3. The van der Waals surface area contributed by atoms with Crippen molar-refractivity contribution in [1.29, 1.82) is 0 Å². The van der Waals surface area contributed by atoms with Crippen LogP contribution in [0.3, 0.4) is 0 Å². The molecule has 0 heterocycles. The number of nitrogens with zero attached hydrogens (tertiary/aromatic N) is 1. The molecule has 0 aliphatic heterocycles. The molecule has 0 spiro atoms. The summed E-state index contributed by atoms with van der Waals surface area (Å²) in [6.07, 6.45) is 5.34. The largest absolute Gasteiger partial charge is 0.313 e. The first-order valence-corrected chi connectivity index (χ1v) is 9.15. The average Bonchev–Trinajstić information content (AvgIpc) is 3.08. The zero-order chi connectivity index (χ0) is 12.9. The second-order valence-corrected chi connectivity index (χ2v) is 7.82. The fourth-order valence-corrected chi connectivity index (χ4v) is 3.46. The van der Waals surface area contributed by atoms with Crippen molar-refractivity contribution in [3.05, 3.63) is 0 Å². The van der Waals surface area contributed by atoms with Crippen LogP contribution in [-0.4, -0.2) is 56.2 Å². The summed E-state index contributed by atoms with van der Waals surface area (Å²) in [6, 6.07) is 0.665. The van der Waals surface area contributed by atoms with Crippen LogP contribution in [0, 0.1) is 0 Å². The number of nitrogens with one attached hydrogen (secondary N) is 1. The molecule has 4 nitrogen and oxygen atoms in total. The Balaban J connectivity index is 2.32. The van der Waals surface area contributed by atoms with Crippen molar-refractivity contribution in [1.82, 2.24) is 9.62 Å². The van der Waals surface area contributed by atoms with Crippen molar-refractivity contribution in [2.75, 3.05) is 31.4 Å². The van der Waals surface area contributed by atoms with Crippen LogP contribution in [0.4, 0.5) is 0 Å². The van der Waals surface area contributed by atoms with E-state index in [9.17, 15) is 8.42 Å². The molecule has 0 aromatic rings. The number of thioether (sulfide) groups is 1. The van der Waals surface area contributed by atoms with Gasteiger partial charge in [-0.15, -0.1) is 0 Å². The van der Waals surface area contributed by atoms with Crippen LogP contribution in [0.1, 0.15) is 26.2 Å². The van der Waals surface area contributed by atoms with Crippen molar-refractivity contribution < 1.29 is 8.42 Å². The van der Waals surface area contributed by atoms with E-state index in [1.165, 1.54) is 17.1 Å². The molecule has 1 atom stereocenters. The smallest absolute Gasteiger partial charge is 0.215 e. The summed E-state index contributed by atoms with van der Waals surface area (Å²) < 4.78 is 25.6. The fraction of sp³-hybridized carbons (Fsp3) is 1.00. The van der Waals surface area contributed by atoms with Crippen LogP contribution in [0.5, 0.6) is 0 Å². The Bertz CT molecular complexity index is 315. The molecule has 1 saturated carbocycles. The van der Waals surface area contributed by atoms with Gasteiger partial charge in [0.1, 0.15) is 0 Å². The maximum absolute atomic E-state index is 12.0. The van der Waals surface area contributed by atoms with Crippen molar-refractivity contribution in [3.63, 3.8) is 0 Å². The molecule has 0 bridgehead atoms. The summed E-state index contributed by atoms with van der Waals surface area (Å²) in [6.45, 7) is 2.55. The summed E-state index contributed by atoms with van der Waals surface area (Å²) in [5.74, 6) is 1.21. The number of hydrogen-bond acceptors (Lipinski definition) is 4. The van der Waals surface area contributed by atoms with Crippen LogP contribution in [0.15, 0.2) is 0 Å². The van der Waals surface area contributed by atoms with Gasteiger partial charge in [0.25, 0.3) is 0 Å². The van der Waals surface area contributed by atoms with E-state index in [2.05, 4.69) is 5.32 Å². The highest BCUT2D eigenvalue weighted by atomic mass is 32.2. The molecule has 0 aromatic heterocycles. The molecule has 0 amide bonds. The van der Waals surface area contributed by atoms with Gasteiger partial charge in [0.05, 0.1) is 5.75 Å². The van der Waals surface area contributed by atoms with Crippen molar-refractivity contribution in [3.8, 4) is 0 Å². The predicted octanol–water partition coefficient (Wildman–Crippen LogP) is 1.14. The fourth-order valence-electron chi connectivity index (χ4n) is 1.57. The molecule has 1 unspecified atom stereocenters. The maximum atomic E-state index is 12.0. The van der Waals surface area contributed by atoms with Crippen LogP contribution < -0.4 is 5.32 Å². The van der Waals surface area contributed by atoms with Gasteiger partial charge in [-0.3, -0.25) is 0 Å². The molecule has 1 N–H and O–H groups in total. The van der Waals surface area contributed by atoms with Gasteiger partial charge in [-0.25, -0.2) is 12.7 Å². The van der Waals surface area contributed by atoms with Gasteiger partial charge in [0, 0.05) is 25.7 Å². The zero-order valence-corrected chi connectivity index (χ0v) is 12.6. The van der Waals surface area contributed by atoms with Gasteiger partial charge in [0.2, 0.25) is 10.0 Å². The van der Waals surface area contributed by atoms with E-state index in [0.29, 0.717) is 12.6 Å². The van der Waals surface area contributed by atoms with Crippen molar-refractivity contribution in [2.45, 2.75) is 38.3 Å². The third-order valence-corrected chi connectivity index (χ3v) is 5.77. The summed E-state index contributed by atoms with van der Waals surface area (Å²) >= 11 is 1.75. The molecule has 1 rings (SSSR count). The van der Waals surface area contributed by atoms with Crippen LogP contribution >= 0.6 is 11.8 Å². The van der Waals surface area contributed by atoms with Crippen LogP contribution in [0.2, 0.25) is 0 Å². The summed E-state index contributed by atoms with van der Waals surface area (Å²) in [4.78, 5) is 0. The van der Waals surface area contributed by atoms with Crippen LogP contribution in [0.25, 0.3) is 0 Å². The lowest BCUT2D eigenvalue weighted by molar-refractivity contribution is 0.382. The molecule has 0 radical (unpaired) electrons. The monoisotopic (exact) mass is 280 g/mol. The zero-order valence-electron chi connectivity index (χ0n) is 11.0. The lowest BCUT2D eigenvalue weighted by Gasteiger charge is -2.24. The van der Waals surface area contributed by atoms with Gasteiger partial charge >= 0.3 is 0 Å². The normalized spacial score (nSPS) is 18.6. The first-order valence-electron chi connectivity index (χ1n) is 6.15. The number of hydrogen-bond donors (Lipinski definition) is 1. The summed E-state index contributed by atoms with van der Waals surface area (Å²) in [5, 5.41) is 3.24. The predicted molar refractivity (Wildman–Crippen MR) is 75.0 cm³/mol. The number of rotatable bonds is 9. The minimum absolute atomic E-state index is 0.0911. The Kier molecular flexibility index (Phi) is 6.26. The Labute approximate surface area is 110 Å². The van der Waals surface area contributed by atoms with Crippen LogP contribution in [-0.2, 0) is 10.0 Å². The Morgan fingerprint density at radius 3 is 2.65 bits per heavy atom. The van der Waals surface area contributed by atoms with E-state index < -0.39 is 10.0 Å². The number of sulfonamides is 1. The topological polar surface area (TPSA) is 49.4 Å². The first-order chi connectivity index (χ1) is 7.97. The van der Waals surface area contributed by atoms with Gasteiger partial charge in [-0.05, 0) is 38.2 Å². The van der Waals surface area contributed by atoms with E-state index in [1.807, 2.05) is 13.2 Å². The third kappa shape index (κ3) is 5.59. The molecule has 1 aliphatic carbocycles. The SMILES string of the molecule is CSCCC(C)N(C)S(=O)(=O)CCNC1CC1. The lowest BCUT2D eigenvalue weighted by Crippen LogP contribution is -2.39. The average molecular weight is 280 g/mol. The molecule has 102 valence electrons. The van der Waals surface area contributed by atoms with Gasteiger partial charge in [-0.1, -0.05) is 0 Å². The summed E-state index contributed by atoms with van der Waals surface area (Å²) in [5.41, 5.74) is 0. The quantitative estimate of drug-likeness (QED) is 0.688. The van der Waals surface area contributed by atoms with Gasteiger partial charge < -0.3 is 5.32 Å². The molecule has 17 heavy (non-hydrogen) atoms. The highest BCUT2D eigenvalue weighted by molar-refractivity contribution is 7.98.